The van der Waals surface area contributed by atoms with Crippen molar-refractivity contribution in [3.8, 4) is 11.5 Å². The van der Waals surface area contributed by atoms with Gasteiger partial charge in [-0.3, -0.25) is 4.90 Å². The zero-order valence-electron chi connectivity index (χ0n) is 18.3. The molecule has 0 aliphatic carbocycles. The van der Waals surface area contributed by atoms with Crippen LogP contribution in [-0.4, -0.2) is 28.1 Å². The minimum absolute atomic E-state index is 0.172. The Morgan fingerprint density at radius 1 is 1.00 bits per heavy atom. The third-order valence-electron chi connectivity index (χ3n) is 5.10. The standard InChI is InChI=1S/C25H20BrF3N4O2/c26-12-13-30-25(34)33(19-4-2-1-3-5-19)20-10-6-16(7-11-20)14-17-8-9-18(15-21(17)27)23-31-32-24(35-23)22(28)29/h1-11,15,22H,12-14H2,(H,30,34). The van der Waals surface area contributed by atoms with E-state index >= 15 is 0 Å². The molecule has 4 rings (SSSR count). The van der Waals surface area contributed by atoms with Crippen molar-refractivity contribution in [2.75, 3.05) is 16.8 Å². The molecule has 0 radical (unpaired) electrons. The van der Waals surface area contributed by atoms with Crippen molar-refractivity contribution in [1.29, 1.82) is 0 Å². The lowest BCUT2D eigenvalue weighted by Gasteiger charge is -2.23. The van der Waals surface area contributed by atoms with Gasteiger partial charge in [0, 0.05) is 23.9 Å². The first-order valence-corrected chi connectivity index (χ1v) is 11.8. The number of rotatable bonds is 8. The molecule has 0 fully saturated rings. The molecule has 1 aromatic heterocycles. The molecular weight excluding hydrogens is 525 g/mol. The Labute approximate surface area is 207 Å². The third kappa shape index (κ3) is 5.89. The summed E-state index contributed by atoms with van der Waals surface area (Å²) in [7, 11) is 0. The highest BCUT2D eigenvalue weighted by molar-refractivity contribution is 9.09. The highest BCUT2D eigenvalue weighted by Crippen LogP contribution is 2.28. The molecule has 10 heteroatoms. The minimum Gasteiger partial charge on any atom is -0.415 e. The minimum atomic E-state index is -2.89. The molecule has 180 valence electrons. The number of carbonyl (C=O) groups excluding carboxylic acids is 1. The van der Waals surface area contributed by atoms with Gasteiger partial charge in [0.15, 0.2) is 0 Å². The van der Waals surface area contributed by atoms with E-state index in [9.17, 15) is 18.0 Å². The zero-order chi connectivity index (χ0) is 24.8. The number of anilines is 2. The molecule has 0 spiro atoms. The zero-order valence-corrected chi connectivity index (χ0v) is 19.9. The summed E-state index contributed by atoms with van der Waals surface area (Å²) in [6, 6.07) is 20.5. The molecule has 0 atom stereocenters. The average Bonchev–Trinajstić information content (AvgIpc) is 3.37. The number of urea groups is 1. The lowest BCUT2D eigenvalue weighted by molar-refractivity contribution is 0.116. The monoisotopic (exact) mass is 544 g/mol. The van der Waals surface area contributed by atoms with Gasteiger partial charge in [0.25, 0.3) is 5.89 Å². The van der Waals surface area contributed by atoms with Crippen LogP contribution in [0.4, 0.5) is 29.3 Å². The molecule has 0 unspecified atom stereocenters. The van der Waals surface area contributed by atoms with E-state index in [0.717, 1.165) is 5.56 Å². The molecule has 0 saturated carbocycles. The van der Waals surface area contributed by atoms with Crippen LogP contribution in [0.1, 0.15) is 23.4 Å². The van der Waals surface area contributed by atoms with Crippen LogP contribution in [0.3, 0.4) is 0 Å². The molecule has 1 N–H and O–H groups in total. The van der Waals surface area contributed by atoms with E-state index in [1.807, 2.05) is 42.5 Å². The fourth-order valence-electron chi connectivity index (χ4n) is 3.44. The van der Waals surface area contributed by atoms with Gasteiger partial charge in [-0.2, -0.15) is 8.78 Å². The van der Waals surface area contributed by atoms with Gasteiger partial charge in [-0.25, -0.2) is 9.18 Å². The molecule has 4 aromatic rings. The largest absolute Gasteiger partial charge is 0.415 e. The van der Waals surface area contributed by atoms with Crippen LogP contribution >= 0.6 is 15.9 Å². The van der Waals surface area contributed by atoms with Crippen molar-refractivity contribution in [3.05, 3.63) is 95.6 Å². The highest BCUT2D eigenvalue weighted by atomic mass is 79.9. The summed E-state index contributed by atoms with van der Waals surface area (Å²) in [4.78, 5) is 14.4. The van der Waals surface area contributed by atoms with Gasteiger partial charge in [-0.05, 0) is 47.5 Å². The predicted octanol–water partition coefficient (Wildman–Crippen LogP) is 6.65. The maximum absolute atomic E-state index is 14.7. The summed E-state index contributed by atoms with van der Waals surface area (Å²) >= 11 is 3.30. The Hall–Kier alpha value is -3.66. The van der Waals surface area contributed by atoms with Gasteiger partial charge in [-0.15, -0.1) is 10.2 Å². The molecule has 0 saturated heterocycles. The van der Waals surface area contributed by atoms with E-state index in [1.54, 1.807) is 29.2 Å². The van der Waals surface area contributed by atoms with Gasteiger partial charge in [0.2, 0.25) is 5.89 Å². The topological polar surface area (TPSA) is 71.3 Å². The molecule has 0 aliphatic heterocycles. The van der Waals surface area contributed by atoms with Crippen LogP contribution in [0.15, 0.2) is 77.2 Å². The van der Waals surface area contributed by atoms with Crippen LogP contribution in [0, 0.1) is 5.82 Å². The third-order valence-corrected chi connectivity index (χ3v) is 5.50. The molecule has 0 aliphatic rings. The number of carbonyl (C=O) groups is 1. The molecule has 6 nitrogen and oxygen atoms in total. The highest BCUT2D eigenvalue weighted by Gasteiger charge is 2.19. The van der Waals surface area contributed by atoms with Crippen LogP contribution in [0.25, 0.3) is 11.5 Å². The SMILES string of the molecule is O=C(NCCBr)N(c1ccccc1)c1ccc(Cc2ccc(-c3nnc(C(F)F)o3)cc2F)cc1. The molecule has 3 aromatic carbocycles. The van der Waals surface area contributed by atoms with E-state index in [4.69, 9.17) is 4.42 Å². The Balaban J connectivity index is 1.52. The second-order valence-electron chi connectivity index (χ2n) is 7.49. The number of amides is 2. The second kappa shape index (κ2) is 11.2. The van der Waals surface area contributed by atoms with Crippen molar-refractivity contribution in [3.63, 3.8) is 0 Å². The molecular formula is C25H20BrF3N4O2. The van der Waals surface area contributed by atoms with Gasteiger partial charge in [-0.1, -0.05) is 52.3 Å². The number of alkyl halides is 3. The predicted molar refractivity (Wildman–Crippen MR) is 130 cm³/mol. The summed E-state index contributed by atoms with van der Waals surface area (Å²) in [5.74, 6) is -1.51. The maximum Gasteiger partial charge on any atom is 0.326 e. The molecule has 35 heavy (non-hydrogen) atoms. The van der Waals surface area contributed by atoms with Crippen LogP contribution in [-0.2, 0) is 6.42 Å². The summed E-state index contributed by atoms with van der Waals surface area (Å²) in [6.45, 7) is 0.475. The van der Waals surface area contributed by atoms with E-state index in [0.29, 0.717) is 35.2 Å². The number of aromatic nitrogens is 2. The van der Waals surface area contributed by atoms with E-state index in [2.05, 4.69) is 31.4 Å². The van der Waals surface area contributed by atoms with Gasteiger partial charge in [0.1, 0.15) is 5.82 Å². The van der Waals surface area contributed by atoms with E-state index < -0.39 is 18.1 Å². The molecule has 1 heterocycles. The van der Waals surface area contributed by atoms with E-state index in [-0.39, 0.29) is 17.5 Å². The normalized spacial score (nSPS) is 11.0. The number of benzene rings is 3. The Morgan fingerprint density at radius 2 is 1.71 bits per heavy atom. The second-order valence-corrected chi connectivity index (χ2v) is 8.28. The lowest BCUT2D eigenvalue weighted by Crippen LogP contribution is -2.37. The van der Waals surface area contributed by atoms with Gasteiger partial charge in [0.05, 0.1) is 11.4 Å². The number of nitrogens with one attached hydrogen (secondary N) is 1. The van der Waals surface area contributed by atoms with Crippen molar-refractivity contribution in [2.45, 2.75) is 12.8 Å². The van der Waals surface area contributed by atoms with Crippen molar-refractivity contribution in [1.82, 2.24) is 15.5 Å². The molecule has 2 amide bonds. The van der Waals surface area contributed by atoms with Crippen molar-refractivity contribution < 1.29 is 22.4 Å². The summed E-state index contributed by atoms with van der Waals surface area (Å²) in [5, 5.41) is 10.3. The van der Waals surface area contributed by atoms with Crippen LogP contribution < -0.4 is 10.2 Å². The lowest BCUT2D eigenvalue weighted by atomic mass is 10.0. The Morgan fingerprint density at radius 3 is 2.34 bits per heavy atom. The summed E-state index contributed by atoms with van der Waals surface area (Å²) in [5.41, 5.74) is 2.82. The molecule has 0 bridgehead atoms. The first kappa shape index (κ1) is 24.5. The average molecular weight is 545 g/mol. The number of para-hydroxylation sites is 1. The number of nitrogens with zero attached hydrogens (tertiary/aromatic N) is 3. The summed E-state index contributed by atoms with van der Waals surface area (Å²) < 4.78 is 44.9. The van der Waals surface area contributed by atoms with Crippen molar-refractivity contribution in [2.24, 2.45) is 0 Å². The number of hydrogen-bond donors (Lipinski definition) is 1. The maximum atomic E-state index is 14.7. The first-order chi connectivity index (χ1) is 17.0. The fraction of sp³-hybridized carbons (Fsp3) is 0.160. The number of halogens is 4. The van der Waals surface area contributed by atoms with Crippen molar-refractivity contribution >= 4 is 33.3 Å². The Bertz CT molecular complexity index is 1280. The first-order valence-electron chi connectivity index (χ1n) is 10.6. The van der Waals surface area contributed by atoms with Gasteiger partial charge >= 0.3 is 12.5 Å². The number of hydrogen-bond acceptors (Lipinski definition) is 4. The Kier molecular flexibility index (Phi) is 7.81. The van der Waals surface area contributed by atoms with Gasteiger partial charge < -0.3 is 9.73 Å². The fourth-order valence-corrected chi connectivity index (χ4v) is 3.64. The smallest absolute Gasteiger partial charge is 0.326 e. The van der Waals surface area contributed by atoms with E-state index in [1.165, 1.54) is 6.07 Å². The summed E-state index contributed by atoms with van der Waals surface area (Å²) in [6.07, 6.45) is -2.60. The van der Waals surface area contributed by atoms with Crippen LogP contribution in [0.5, 0.6) is 0 Å². The van der Waals surface area contributed by atoms with Crippen LogP contribution in [0.2, 0.25) is 0 Å². The quantitative estimate of drug-likeness (QED) is 0.252.